The lowest BCUT2D eigenvalue weighted by Crippen LogP contribution is -2.22. The summed E-state index contributed by atoms with van der Waals surface area (Å²) < 4.78 is 39.8. The molecule has 3 rings (SSSR count). The van der Waals surface area contributed by atoms with Crippen molar-refractivity contribution in [3.05, 3.63) is 57.6 Å². The Morgan fingerprint density at radius 2 is 1.71 bits per heavy atom. The maximum Gasteiger partial charge on any atom is 0.416 e. The van der Waals surface area contributed by atoms with Crippen LogP contribution in [0.2, 0.25) is 10.0 Å². The van der Waals surface area contributed by atoms with Crippen LogP contribution in [0.15, 0.2) is 36.4 Å². The second kappa shape index (κ2) is 8.46. The van der Waals surface area contributed by atoms with Crippen LogP contribution in [-0.4, -0.2) is 18.2 Å². The molecule has 0 spiro atoms. The maximum atomic E-state index is 13.3. The molecule has 0 aliphatic rings. The molecule has 0 amide bonds. The van der Waals surface area contributed by atoms with Gasteiger partial charge >= 0.3 is 6.18 Å². The van der Waals surface area contributed by atoms with Crippen molar-refractivity contribution in [2.75, 3.05) is 13.1 Å². The molecule has 0 saturated carbocycles. The summed E-state index contributed by atoms with van der Waals surface area (Å²) in [4.78, 5) is 0. The molecule has 0 unspecified atom stereocenters. The first-order valence-corrected chi connectivity index (χ1v) is 9.79. The number of unbranched alkanes of at least 4 members (excludes halogenated alkanes) is 1. The minimum atomic E-state index is -4.47. The molecule has 0 fully saturated rings. The van der Waals surface area contributed by atoms with Gasteiger partial charge in [0.05, 0.1) is 11.7 Å². The highest BCUT2D eigenvalue weighted by Gasteiger charge is 2.31. The van der Waals surface area contributed by atoms with Crippen LogP contribution < -0.4 is 5.32 Å². The van der Waals surface area contributed by atoms with Gasteiger partial charge in [-0.1, -0.05) is 42.6 Å². The van der Waals surface area contributed by atoms with Gasteiger partial charge in [0.15, 0.2) is 0 Å². The van der Waals surface area contributed by atoms with Gasteiger partial charge in [-0.2, -0.15) is 13.2 Å². The van der Waals surface area contributed by atoms with Gasteiger partial charge in [-0.15, -0.1) is 0 Å². The van der Waals surface area contributed by atoms with Crippen LogP contribution in [0.3, 0.4) is 0 Å². The molecule has 0 radical (unpaired) electrons. The number of aliphatic hydroxyl groups is 1. The molecule has 28 heavy (non-hydrogen) atoms. The topological polar surface area (TPSA) is 32.3 Å². The van der Waals surface area contributed by atoms with Gasteiger partial charge in [-0.25, -0.2) is 0 Å². The minimum Gasteiger partial charge on any atom is -0.387 e. The third kappa shape index (κ3) is 4.38. The summed E-state index contributed by atoms with van der Waals surface area (Å²) in [6, 6.07) is 8.39. The second-order valence-corrected chi connectivity index (χ2v) is 7.62. The highest BCUT2D eigenvalue weighted by atomic mass is 35.5. The van der Waals surface area contributed by atoms with E-state index in [4.69, 9.17) is 23.2 Å². The number of nitrogens with one attached hydrogen (secondary N) is 1. The Morgan fingerprint density at radius 1 is 1.00 bits per heavy atom. The summed E-state index contributed by atoms with van der Waals surface area (Å²) in [7, 11) is 0. The lowest BCUT2D eigenvalue weighted by atomic mass is 9.93. The predicted octanol–water partition coefficient (Wildman–Crippen LogP) is 6.74. The molecule has 0 heterocycles. The van der Waals surface area contributed by atoms with Crippen LogP contribution >= 0.6 is 23.2 Å². The van der Waals surface area contributed by atoms with Gasteiger partial charge in [0.25, 0.3) is 0 Å². The molecule has 2 nitrogen and oxygen atoms in total. The van der Waals surface area contributed by atoms with Gasteiger partial charge in [-0.05, 0) is 65.0 Å². The summed E-state index contributed by atoms with van der Waals surface area (Å²) in [5.41, 5.74) is -0.227. The number of hydrogen-bond donors (Lipinski definition) is 2. The Bertz CT molecular complexity index is 1000. The Kier molecular flexibility index (Phi) is 6.40. The Morgan fingerprint density at radius 3 is 2.39 bits per heavy atom. The Balaban J connectivity index is 2.20. The molecule has 150 valence electrons. The predicted molar refractivity (Wildman–Crippen MR) is 109 cm³/mol. The van der Waals surface area contributed by atoms with Crippen LogP contribution in [0.1, 0.15) is 37.0 Å². The largest absolute Gasteiger partial charge is 0.416 e. The van der Waals surface area contributed by atoms with E-state index < -0.39 is 17.8 Å². The van der Waals surface area contributed by atoms with Gasteiger partial charge < -0.3 is 10.4 Å². The number of benzene rings is 3. The van der Waals surface area contributed by atoms with E-state index in [0.717, 1.165) is 31.5 Å². The van der Waals surface area contributed by atoms with Crippen LogP contribution in [0.4, 0.5) is 13.2 Å². The zero-order valence-corrected chi connectivity index (χ0v) is 16.7. The van der Waals surface area contributed by atoms with E-state index >= 15 is 0 Å². The fourth-order valence-electron chi connectivity index (χ4n) is 3.31. The smallest absolute Gasteiger partial charge is 0.387 e. The first kappa shape index (κ1) is 21.2. The minimum absolute atomic E-state index is 0.298. The number of alkyl halides is 3. The number of halogens is 5. The van der Waals surface area contributed by atoms with Crippen molar-refractivity contribution in [2.45, 2.75) is 32.0 Å². The quantitative estimate of drug-likeness (QED) is 0.335. The molecule has 1 atom stereocenters. The van der Waals surface area contributed by atoms with Crippen LogP contribution in [0, 0.1) is 0 Å². The van der Waals surface area contributed by atoms with Crippen molar-refractivity contribution in [3.63, 3.8) is 0 Å². The summed E-state index contributed by atoms with van der Waals surface area (Å²) in [6.45, 7) is 3.13. The molecular weight excluding hydrogens is 410 g/mol. The standard InChI is InChI=1S/C21H20Cl2F3NO/c1-2-3-6-27-11-20(28)18-10-17-16(8-13(22)9-19(17)23)15-7-12(21(24,25)26)4-5-14(15)18/h4-5,7-10,20,27-28H,2-3,6,11H2,1H3/t20-/m0/s1. The lowest BCUT2D eigenvalue weighted by Gasteiger charge is -2.18. The highest BCUT2D eigenvalue weighted by molar-refractivity contribution is 6.39. The average Bonchev–Trinajstić information content (AvgIpc) is 2.63. The number of hydrogen-bond acceptors (Lipinski definition) is 2. The Hall–Kier alpha value is -1.53. The van der Waals surface area contributed by atoms with Crippen molar-refractivity contribution < 1.29 is 18.3 Å². The average molecular weight is 430 g/mol. The summed E-state index contributed by atoms with van der Waals surface area (Å²) in [5, 5.41) is 16.5. The highest BCUT2D eigenvalue weighted by Crippen LogP contribution is 2.40. The number of aliphatic hydroxyl groups excluding tert-OH is 1. The summed E-state index contributed by atoms with van der Waals surface area (Å²) in [6.07, 6.45) is -3.35. The maximum absolute atomic E-state index is 13.3. The van der Waals surface area contributed by atoms with Crippen LogP contribution in [0.25, 0.3) is 21.5 Å². The molecule has 3 aromatic carbocycles. The van der Waals surface area contributed by atoms with Crippen molar-refractivity contribution in [1.82, 2.24) is 5.32 Å². The molecule has 0 aliphatic carbocycles. The molecular formula is C21H20Cl2F3NO. The molecule has 0 aliphatic heterocycles. The van der Waals surface area contributed by atoms with E-state index in [0.29, 0.717) is 43.7 Å². The van der Waals surface area contributed by atoms with E-state index in [-0.39, 0.29) is 0 Å². The molecule has 7 heteroatoms. The van der Waals surface area contributed by atoms with E-state index in [2.05, 4.69) is 12.2 Å². The fourth-order valence-corrected chi connectivity index (χ4v) is 3.86. The van der Waals surface area contributed by atoms with Gasteiger partial charge in [0.1, 0.15) is 0 Å². The van der Waals surface area contributed by atoms with Gasteiger partial charge in [0, 0.05) is 22.0 Å². The second-order valence-electron chi connectivity index (χ2n) is 6.78. The van der Waals surface area contributed by atoms with Crippen molar-refractivity contribution in [2.24, 2.45) is 0 Å². The van der Waals surface area contributed by atoms with Crippen molar-refractivity contribution in [3.8, 4) is 0 Å². The number of fused-ring (bicyclic) bond motifs is 3. The molecule has 2 N–H and O–H groups in total. The van der Waals surface area contributed by atoms with Crippen LogP contribution in [0.5, 0.6) is 0 Å². The zero-order valence-electron chi connectivity index (χ0n) is 15.2. The Labute approximate surface area is 171 Å². The van der Waals surface area contributed by atoms with Crippen molar-refractivity contribution in [1.29, 1.82) is 0 Å². The van der Waals surface area contributed by atoms with E-state index in [1.807, 2.05) is 0 Å². The first-order valence-electron chi connectivity index (χ1n) is 9.03. The van der Waals surface area contributed by atoms with E-state index in [9.17, 15) is 18.3 Å². The normalized spacial score (nSPS) is 13.4. The molecule has 0 bridgehead atoms. The van der Waals surface area contributed by atoms with Gasteiger partial charge in [-0.3, -0.25) is 0 Å². The van der Waals surface area contributed by atoms with E-state index in [1.54, 1.807) is 18.2 Å². The lowest BCUT2D eigenvalue weighted by molar-refractivity contribution is -0.137. The van der Waals surface area contributed by atoms with E-state index in [1.165, 1.54) is 6.07 Å². The zero-order chi connectivity index (χ0) is 20.5. The number of rotatable bonds is 6. The summed E-state index contributed by atoms with van der Waals surface area (Å²) >= 11 is 12.4. The van der Waals surface area contributed by atoms with Gasteiger partial charge in [0.2, 0.25) is 0 Å². The third-order valence-corrected chi connectivity index (χ3v) is 5.28. The molecule has 3 aromatic rings. The SMILES string of the molecule is CCCCNC[C@H](O)c1cc2c(Cl)cc(Cl)cc2c2cc(C(F)(F)F)ccc12. The molecule has 0 aromatic heterocycles. The monoisotopic (exact) mass is 429 g/mol. The fraction of sp³-hybridized carbons (Fsp3) is 0.333. The molecule has 0 saturated heterocycles. The first-order chi connectivity index (χ1) is 13.2. The van der Waals surface area contributed by atoms with Crippen molar-refractivity contribution >= 4 is 44.7 Å². The van der Waals surface area contributed by atoms with Crippen LogP contribution in [-0.2, 0) is 6.18 Å². The summed E-state index contributed by atoms with van der Waals surface area (Å²) in [5.74, 6) is 0. The third-order valence-electron chi connectivity index (χ3n) is 4.75.